The van der Waals surface area contributed by atoms with Crippen molar-refractivity contribution in [2.24, 2.45) is 9.98 Å². The molecule has 0 aliphatic carbocycles. The molecule has 3 rings (SSSR count). The zero-order chi connectivity index (χ0) is 22.1. The Kier molecular flexibility index (Phi) is 8.41. The first kappa shape index (κ1) is 22.7. The maximum atomic E-state index is 6.08. The number of rotatable bonds is 13. The third-order valence-electron chi connectivity index (χ3n) is 5.11. The number of aromatic nitrogens is 3. The van der Waals surface area contributed by atoms with Gasteiger partial charge in [-0.25, -0.2) is 4.99 Å². The van der Waals surface area contributed by atoms with Crippen LogP contribution in [0.15, 0.2) is 53.9 Å². The van der Waals surface area contributed by atoms with Crippen molar-refractivity contribution in [2.75, 3.05) is 25.0 Å². The molecule has 0 amide bonds. The number of H-pyrrole nitrogens is 1. The second-order valence-corrected chi connectivity index (χ2v) is 7.73. The zero-order valence-electron chi connectivity index (χ0n) is 18.1. The SMILES string of the molecule is C=CNc1nc(Cl)[nH]c1C(=C)N(CCCC)CCCCC1=NCC(c2cccnc2)=N1. The summed E-state index contributed by atoms with van der Waals surface area (Å²) in [7, 11) is 0. The first-order chi connectivity index (χ1) is 15.1. The van der Waals surface area contributed by atoms with E-state index in [9.17, 15) is 0 Å². The number of unbranched alkanes of at least 4 members (excludes halogenated alkanes) is 2. The summed E-state index contributed by atoms with van der Waals surface area (Å²) in [5, 5.41) is 3.36. The summed E-state index contributed by atoms with van der Waals surface area (Å²) >= 11 is 6.08. The molecule has 0 bridgehead atoms. The second-order valence-electron chi connectivity index (χ2n) is 7.38. The highest BCUT2D eigenvalue weighted by Crippen LogP contribution is 2.26. The third-order valence-corrected chi connectivity index (χ3v) is 5.29. The van der Waals surface area contributed by atoms with Gasteiger partial charge in [-0.1, -0.05) is 26.5 Å². The van der Waals surface area contributed by atoms with E-state index in [2.05, 4.69) is 50.2 Å². The molecule has 164 valence electrons. The maximum absolute atomic E-state index is 6.08. The lowest BCUT2D eigenvalue weighted by Gasteiger charge is -2.26. The smallest absolute Gasteiger partial charge is 0.202 e. The van der Waals surface area contributed by atoms with Crippen LogP contribution in [-0.4, -0.2) is 51.0 Å². The van der Waals surface area contributed by atoms with Crippen LogP contribution in [0.25, 0.3) is 5.70 Å². The van der Waals surface area contributed by atoms with E-state index < -0.39 is 0 Å². The number of anilines is 1. The highest BCUT2D eigenvalue weighted by atomic mass is 35.5. The predicted molar refractivity (Wildman–Crippen MR) is 130 cm³/mol. The molecule has 0 aromatic carbocycles. The molecule has 0 saturated heterocycles. The number of hydrogen-bond acceptors (Lipinski definition) is 6. The molecule has 7 nitrogen and oxygen atoms in total. The Morgan fingerprint density at radius 1 is 1.32 bits per heavy atom. The second kappa shape index (κ2) is 11.5. The number of aliphatic imine (C=N–C) groups is 2. The van der Waals surface area contributed by atoms with Gasteiger partial charge >= 0.3 is 0 Å². The van der Waals surface area contributed by atoms with Crippen molar-refractivity contribution in [3.63, 3.8) is 0 Å². The van der Waals surface area contributed by atoms with E-state index in [1.54, 1.807) is 12.4 Å². The molecule has 2 aromatic rings. The van der Waals surface area contributed by atoms with Gasteiger partial charge in [-0.05, 0) is 49.2 Å². The molecule has 0 radical (unpaired) electrons. The van der Waals surface area contributed by atoms with E-state index >= 15 is 0 Å². The van der Waals surface area contributed by atoms with Crippen molar-refractivity contribution in [3.05, 3.63) is 60.4 Å². The fourth-order valence-electron chi connectivity index (χ4n) is 3.45. The molecule has 0 fully saturated rings. The van der Waals surface area contributed by atoms with Gasteiger partial charge < -0.3 is 15.2 Å². The minimum Gasteiger partial charge on any atom is -0.370 e. The molecule has 2 aromatic heterocycles. The van der Waals surface area contributed by atoms with Crippen LogP contribution >= 0.6 is 11.6 Å². The fraction of sp³-hybridized carbons (Fsp3) is 0.391. The summed E-state index contributed by atoms with van der Waals surface area (Å²) in [5.74, 6) is 1.57. The standard InChI is InChI=1S/C23H30ClN7/c1-4-6-13-31(17(3)21-22(26-5-2)30-23(24)29-21)14-8-7-11-20-27-16-19(28-20)18-10-9-12-25-15-18/h5,9-10,12,15,26H,2-4,6-8,11,13-14,16H2,1H3,(H,29,30). The van der Waals surface area contributed by atoms with Crippen molar-refractivity contribution in [3.8, 4) is 0 Å². The number of aromatic amines is 1. The van der Waals surface area contributed by atoms with Gasteiger partial charge in [0, 0.05) is 37.5 Å². The Labute approximate surface area is 189 Å². The van der Waals surface area contributed by atoms with E-state index in [4.69, 9.17) is 16.6 Å². The highest BCUT2D eigenvalue weighted by Gasteiger charge is 2.17. The predicted octanol–water partition coefficient (Wildman–Crippen LogP) is 5.16. The van der Waals surface area contributed by atoms with Crippen molar-refractivity contribution in [2.45, 2.75) is 39.0 Å². The van der Waals surface area contributed by atoms with E-state index in [1.165, 1.54) is 0 Å². The van der Waals surface area contributed by atoms with Crippen LogP contribution in [-0.2, 0) is 0 Å². The third kappa shape index (κ3) is 6.28. The summed E-state index contributed by atoms with van der Waals surface area (Å²) in [6.45, 7) is 12.7. The van der Waals surface area contributed by atoms with Gasteiger partial charge in [-0.15, -0.1) is 0 Å². The lowest BCUT2D eigenvalue weighted by atomic mass is 10.2. The molecule has 8 heteroatoms. The fourth-order valence-corrected chi connectivity index (χ4v) is 3.62. The van der Waals surface area contributed by atoms with Crippen LogP contribution in [0.2, 0.25) is 5.28 Å². The van der Waals surface area contributed by atoms with Gasteiger partial charge in [-0.3, -0.25) is 9.98 Å². The van der Waals surface area contributed by atoms with E-state index in [1.807, 2.05) is 18.3 Å². The molecular weight excluding hydrogens is 410 g/mol. The van der Waals surface area contributed by atoms with Crippen molar-refractivity contribution >= 4 is 34.7 Å². The quantitative estimate of drug-likeness (QED) is 0.422. The Morgan fingerprint density at radius 2 is 2.16 bits per heavy atom. The number of nitrogens with one attached hydrogen (secondary N) is 2. The van der Waals surface area contributed by atoms with E-state index in [-0.39, 0.29) is 0 Å². The largest absolute Gasteiger partial charge is 0.370 e. The lowest BCUT2D eigenvalue weighted by molar-refractivity contribution is 0.377. The summed E-state index contributed by atoms with van der Waals surface area (Å²) < 4.78 is 0. The maximum Gasteiger partial charge on any atom is 0.202 e. The van der Waals surface area contributed by atoms with Crippen molar-refractivity contribution < 1.29 is 0 Å². The van der Waals surface area contributed by atoms with Crippen molar-refractivity contribution in [1.82, 2.24) is 19.9 Å². The molecule has 1 aliphatic rings. The molecule has 0 atom stereocenters. The number of imidazole rings is 1. The molecule has 1 aliphatic heterocycles. The Hall–Kier alpha value is -2.93. The lowest BCUT2D eigenvalue weighted by Crippen LogP contribution is -2.25. The van der Waals surface area contributed by atoms with Crippen LogP contribution in [0.3, 0.4) is 0 Å². The summed E-state index contributed by atoms with van der Waals surface area (Å²) in [4.78, 5) is 23.1. The van der Waals surface area contributed by atoms with Gasteiger partial charge in [0.25, 0.3) is 0 Å². The first-order valence-electron chi connectivity index (χ1n) is 10.7. The van der Waals surface area contributed by atoms with Crippen LogP contribution in [0.1, 0.15) is 50.3 Å². The average molecular weight is 440 g/mol. The molecule has 3 heterocycles. The number of hydrogen-bond donors (Lipinski definition) is 2. The molecular formula is C23H30ClN7. The van der Waals surface area contributed by atoms with E-state index in [0.29, 0.717) is 17.6 Å². The minimum absolute atomic E-state index is 0.331. The molecule has 31 heavy (non-hydrogen) atoms. The zero-order valence-corrected chi connectivity index (χ0v) is 18.8. The normalized spacial score (nSPS) is 13.0. The topological polar surface area (TPSA) is 81.6 Å². The number of pyridine rings is 1. The Balaban J connectivity index is 1.54. The van der Waals surface area contributed by atoms with Crippen LogP contribution in [0, 0.1) is 0 Å². The summed E-state index contributed by atoms with van der Waals surface area (Å²) in [6.07, 6.45) is 10.3. The first-order valence-corrected chi connectivity index (χ1v) is 11.1. The number of nitrogens with zero attached hydrogens (tertiary/aromatic N) is 5. The van der Waals surface area contributed by atoms with Crippen LogP contribution < -0.4 is 5.32 Å². The Bertz CT molecular complexity index is 946. The number of halogens is 1. The highest BCUT2D eigenvalue weighted by molar-refractivity contribution is 6.28. The van der Waals surface area contributed by atoms with Crippen LogP contribution in [0.5, 0.6) is 0 Å². The van der Waals surface area contributed by atoms with Gasteiger partial charge in [0.05, 0.1) is 18.0 Å². The molecule has 2 N–H and O–H groups in total. The van der Waals surface area contributed by atoms with E-state index in [0.717, 1.165) is 73.7 Å². The summed E-state index contributed by atoms with van der Waals surface area (Å²) in [6, 6.07) is 3.95. The molecule has 0 saturated carbocycles. The van der Waals surface area contributed by atoms with Gasteiger partial charge in [-0.2, -0.15) is 4.98 Å². The Morgan fingerprint density at radius 3 is 2.90 bits per heavy atom. The molecule has 0 spiro atoms. The van der Waals surface area contributed by atoms with Gasteiger partial charge in [0.2, 0.25) is 5.28 Å². The minimum atomic E-state index is 0.331. The summed E-state index contributed by atoms with van der Waals surface area (Å²) in [5.41, 5.74) is 3.73. The number of amidine groups is 1. The monoisotopic (exact) mass is 439 g/mol. The van der Waals surface area contributed by atoms with Crippen LogP contribution in [0.4, 0.5) is 5.82 Å². The van der Waals surface area contributed by atoms with Gasteiger partial charge in [0.15, 0.2) is 5.82 Å². The van der Waals surface area contributed by atoms with Crippen molar-refractivity contribution in [1.29, 1.82) is 0 Å². The average Bonchev–Trinajstić information content (AvgIpc) is 3.40. The molecule has 0 unspecified atom stereocenters. The van der Waals surface area contributed by atoms with Gasteiger partial charge in [0.1, 0.15) is 11.5 Å².